The number of halogens is 1. The molecule has 0 saturated heterocycles. The zero-order valence-corrected chi connectivity index (χ0v) is 14.7. The van der Waals surface area contributed by atoms with E-state index >= 15 is 0 Å². The summed E-state index contributed by atoms with van der Waals surface area (Å²) >= 11 is 5.87. The van der Waals surface area contributed by atoms with Crippen molar-refractivity contribution in [2.45, 2.75) is 25.4 Å². The van der Waals surface area contributed by atoms with Crippen LogP contribution in [0.15, 0.2) is 59.0 Å². The lowest BCUT2D eigenvalue weighted by molar-refractivity contribution is -0.384. The second kappa shape index (κ2) is 6.94. The van der Waals surface area contributed by atoms with Gasteiger partial charge in [0.2, 0.25) is 0 Å². The summed E-state index contributed by atoms with van der Waals surface area (Å²) in [5.74, 6) is 1.21. The van der Waals surface area contributed by atoms with Gasteiger partial charge in [0.1, 0.15) is 11.5 Å². The van der Waals surface area contributed by atoms with Crippen LogP contribution in [-0.2, 0) is 13.0 Å². The number of fused-ring (bicyclic) bond motifs is 1. The van der Waals surface area contributed by atoms with Crippen molar-refractivity contribution in [3.05, 3.63) is 86.6 Å². The molecule has 0 radical (unpaired) electrons. The van der Waals surface area contributed by atoms with Gasteiger partial charge in [0.05, 0.1) is 17.0 Å². The van der Waals surface area contributed by atoms with Gasteiger partial charge in [0, 0.05) is 17.1 Å². The molecule has 0 saturated carbocycles. The fourth-order valence-corrected chi connectivity index (χ4v) is 3.64. The summed E-state index contributed by atoms with van der Waals surface area (Å²) in [6, 6.07) is 17.0. The van der Waals surface area contributed by atoms with Crippen LogP contribution in [0, 0.1) is 10.1 Å². The minimum Gasteiger partial charge on any atom is -0.459 e. The third-order valence-electron chi connectivity index (χ3n) is 4.74. The highest BCUT2D eigenvalue weighted by molar-refractivity contribution is 6.30. The minimum absolute atomic E-state index is 0.0592. The SMILES string of the molecule is O=[N+]([O-])c1cc(Cl)ccc1-c1ccc(CNC2CCc3ccccc32)o1. The molecule has 3 aromatic rings. The predicted octanol–water partition coefficient (Wildman–Crippen LogP) is 5.29. The van der Waals surface area contributed by atoms with E-state index in [-0.39, 0.29) is 5.69 Å². The van der Waals surface area contributed by atoms with Gasteiger partial charge in [-0.2, -0.15) is 0 Å². The van der Waals surface area contributed by atoms with Crippen LogP contribution < -0.4 is 5.32 Å². The highest BCUT2D eigenvalue weighted by Crippen LogP contribution is 2.34. The summed E-state index contributed by atoms with van der Waals surface area (Å²) in [5, 5.41) is 15.1. The summed E-state index contributed by atoms with van der Waals surface area (Å²) in [5.41, 5.74) is 3.10. The standard InChI is InChI=1S/C20H17ClN2O3/c21-14-6-8-17(19(11-14)23(24)25)20-10-7-15(26-20)12-22-18-9-5-13-3-1-2-4-16(13)18/h1-4,6-8,10-11,18,22H,5,9,12H2. The molecule has 6 heteroatoms. The summed E-state index contributed by atoms with van der Waals surface area (Å²) in [7, 11) is 0. The second-order valence-electron chi connectivity index (χ2n) is 6.36. The molecule has 1 aromatic heterocycles. The average molecular weight is 369 g/mol. The molecule has 1 atom stereocenters. The number of nitro groups is 1. The topological polar surface area (TPSA) is 68.3 Å². The van der Waals surface area contributed by atoms with E-state index in [1.165, 1.54) is 17.2 Å². The quantitative estimate of drug-likeness (QED) is 0.491. The first-order chi connectivity index (χ1) is 12.6. The Hall–Kier alpha value is -2.63. The molecule has 0 amide bonds. The van der Waals surface area contributed by atoms with Crippen molar-refractivity contribution in [1.29, 1.82) is 0 Å². The zero-order chi connectivity index (χ0) is 18.1. The fourth-order valence-electron chi connectivity index (χ4n) is 3.47. The van der Waals surface area contributed by atoms with Gasteiger partial charge in [0.15, 0.2) is 0 Å². The largest absolute Gasteiger partial charge is 0.459 e. The monoisotopic (exact) mass is 368 g/mol. The molecule has 4 rings (SSSR count). The predicted molar refractivity (Wildman–Crippen MR) is 100 cm³/mol. The fraction of sp³-hybridized carbons (Fsp3) is 0.200. The van der Waals surface area contributed by atoms with E-state index in [1.807, 2.05) is 6.07 Å². The summed E-state index contributed by atoms with van der Waals surface area (Å²) in [6.45, 7) is 0.570. The van der Waals surface area contributed by atoms with E-state index in [4.69, 9.17) is 16.0 Å². The third-order valence-corrected chi connectivity index (χ3v) is 4.97. The van der Waals surface area contributed by atoms with Gasteiger partial charge < -0.3 is 9.73 Å². The molecule has 2 aromatic carbocycles. The molecule has 0 aliphatic heterocycles. The van der Waals surface area contributed by atoms with E-state index in [0.29, 0.717) is 28.9 Å². The highest BCUT2D eigenvalue weighted by Gasteiger charge is 2.22. The molecule has 0 spiro atoms. The van der Waals surface area contributed by atoms with Crippen LogP contribution in [0.5, 0.6) is 0 Å². The van der Waals surface area contributed by atoms with Crippen molar-refractivity contribution in [2.24, 2.45) is 0 Å². The normalized spacial score (nSPS) is 15.8. The molecule has 1 heterocycles. The Balaban J connectivity index is 1.50. The van der Waals surface area contributed by atoms with Crippen LogP contribution in [-0.4, -0.2) is 4.92 Å². The van der Waals surface area contributed by atoms with Gasteiger partial charge in [-0.25, -0.2) is 0 Å². The molecule has 26 heavy (non-hydrogen) atoms. The number of nitro benzene ring substituents is 1. The molecule has 5 nitrogen and oxygen atoms in total. The van der Waals surface area contributed by atoms with Crippen molar-refractivity contribution in [3.63, 3.8) is 0 Å². The molecule has 1 unspecified atom stereocenters. The maximum Gasteiger partial charge on any atom is 0.281 e. The molecule has 1 aliphatic carbocycles. The molecule has 0 fully saturated rings. The van der Waals surface area contributed by atoms with Gasteiger partial charge >= 0.3 is 0 Å². The minimum atomic E-state index is -0.447. The van der Waals surface area contributed by atoms with E-state index in [1.54, 1.807) is 18.2 Å². The zero-order valence-electron chi connectivity index (χ0n) is 13.9. The number of nitrogens with zero attached hydrogens (tertiary/aromatic N) is 1. The van der Waals surface area contributed by atoms with Crippen LogP contribution in [0.4, 0.5) is 5.69 Å². The third kappa shape index (κ3) is 3.23. The lowest BCUT2D eigenvalue weighted by Crippen LogP contribution is -2.18. The van der Waals surface area contributed by atoms with Gasteiger partial charge in [-0.15, -0.1) is 0 Å². The first kappa shape index (κ1) is 16.8. The van der Waals surface area contributed by atoms with Gasteiger partial charge in [0.25, 0.3) is 5.69 Å². The maximum atomic E-state index is 11.3. The van der Waals surface area contributed by atoms with Crippen molar-refractivity contribution in [3.8, 4) is 11.3 Å². The molecular formula is C20H17ClN2O3. The Morgan fingerprint density at radius 2 is 2.04 bits per heavy atom. The van der Waals surface area contributed by atoms with Crippen molar-refractivity contribution in [1.82, 2.24) is 5.32 Å². The first-order valence-electron chi connectivity index (χ1n) is 8.46. The number of hydrogen-bond acceptors (Lipinski definition) is 4. The Labute approximate surface area is 155 Å². The molecule has 1 N–H and O–H groups in total. The number of furan rings is 1. The number of rotatable bonds is 5. The first-order valence-corrected chi connectivity index (χ1v) is 8.84. The Bertz CT molecular complexity index is 967. The number of benzene rings is 2. The molecule has 132 valence electrons. The van der Waals surface area contributed by atoms with Crippen LogP contribution >= 0.6 is 11.6 Å². The van der Waals surface area contributed by atoms with Crippen LogP contribution in [0.3, 0.4) is 0 Å². The van der Waals surface area contributed by atoms with E-state index in [0.717, 1.165) is 18.6 Å². The van der Waals surface area contributed by atoms with Gasteiger partial charge in [-0.3, -0.25) is 10.1 Å². The summed E-state index contributed by atoms with van der Waals surface area (Å²) in [4.78, 5) is 10.8. The summed E-state index contributed by atoms with van der Waals surface area (Å²) < 4.78 is 5.84. The van der Waals surface area contributed by atoms with Crippen molar-refractivity contribution < 1.29 is 9.34 Å². The van der Waals surface area contributed by atoms with Gasteiger partial charge in [-0.1, -0.05) is 35.9 Å². The smallest absolute Gasteiger partial charge is 0.281 e. The molecular weight excluding hydrogens is 352 g/mol. The number of aryl methyl sites for hydroxylation is 1. The maximum absolute atomic E-state index is 11.3. The van der Waals surface area contributed by atoms with E-state index in [9.17, 15) is 10.1 Å². The van der Waals surface area contributed by atoms with Gasteiger partial charge in [-0.05, 0) is 48.2 Å². The Morgan fingerprint density at radius 3 is 2.88 bits per heavy atom. The number of nitrogens with one attached hydrogen (secondary N) is 1. The second-order valence-corrected chi connectivity index (χ2v) is 6.79. The number of hydrogen-bond donors (Lipinski definition) is 1. The van der Waals surface area contributed by atoms with Crippen molar-refractivity contribution >= 4 is 17.3 Å². The highest BCUT2D eigenvalue weighted by atomic mass is 35.5. The molecule has 0 bridgehead atoms. The van der Waals surface area contributed by atoms with Crippen molar-refractivity contribution in [2.75, 3.05) is 0 Å². The lowest BCUT2D eigenvalue weighted by atomic mass is 10.1. The summed E-state index contributed by atoms with van der Waals surface area (Å²) in [6.07, 6.45) is 2.14. The Kier molecular flexibility index (Phi) is 4.49. The lowest BCUT2D eigenvalue weighted by Gasteiger charge is -2.12. The molecule has 1 aliphatic rings. The Morgan fingerprint density at radius 1 is 1.19 bits per heavy atom. The van der Waals surface area contributed by atoms with Crippen LogP contribution in [0.25, 0.3) is 11.3 Å². The van der Waals surface area contributed by atoms with Crippen LogP contribution in [0.2, 0.25) is 5.02 Å². The van der Waals surface area contributed by atoms with E-state index < -0.39 is 4.92 Å². The van der Waals surface area contributed by atoms with E-state index in [2.05, 4.69) is 29.6 Å². The van der Waals surface area contributed by atoms with Crippen LogP contribution in [0.1, 0.15) is 29.3 Å². The average Bonchev–Trinajstić information content (AvgIpc) is 3.27.